The summed E-state index contributed by atoms with van der Waals surface area (Å²) in [4.78, 5) is 24.8. The smallest absolute Gasteiger partial charge is 0.139 e. The molecule has 0 bridgehead atoms. The predicted molar refractivity (Wildman–Crippen MR) is 92.6 cm³/mol. The summed E-state index contributed by atoms with van der Waals surface area (Å²) in [5.74, 6) is 3.62. The van der Waals surface area contributed by atoms with E-state index in [1.807, 2.05) is 0 Å². The van der Waals surface area contributed by atoms with Crippen LogP contribution >= 0.6 is 0 Å². The van der Waals surface area contributed by atoms with E-state index in [2.05, 4.69) is 6.92 Å². The molecule has 0 aromatic heterocycles. The van der Waals surface area contributed by atoms with Gasteiger partial charge in [0.15, 0.2) is 0 Å². The standard InChI is InChI=1S/C21H32O3/c1-20-9-7-15(22)13-14(20)3-4-16-17(20)8-10-21(11-12-24-2)18(16)5-6-19(21)23/h14,16-18H,3-13H2,1-2H3/t14?,16-,17+,18+,20+,21-/m1/s1. The van der Waals surface area contributed by atoms with Crippen LogP contribution in [0.1, 0.15) is 71.1 Å². The van der Waals surface area contributed by atoms with Crippen LogP contribution in [0.4, 0.5) is 0 Å². The van der Waals surface area contributed by atoms with E-state index < -0.39 is 0 Å². The molecule has 6 atom stereocenters. The first kappa shape index (κ1) is 16.8. The highest BCUT2D eigenvalue weighted by Gasteiger charge is 2.61. The van der Waals surface area contributed by atoms with E-state index in [1.165, 1.54) is 19.3 Å². The Morgan fingerprint density at radius 2 is 1.88 bits per heavy atom. The SMILES string of the molecule is COCC[C@]12CC[C@H]3[C@@H](CCC4CC(=O)CC[C@@]43C)[C@@H]1CCC2=O. The van der Waals surface area contributed by atoms with Gasteiger partial charge >= 0.3 is 0 Å². The Bertz CT molecular complexity index is 541. The molecule has 134 valence electrons. The molecule has 24 heavy (non-hydrogen) atoms. The number of hydrogen-bond acceptors (Lipinski definition) is 3. The second-order valence-electron chi connectivity index (χ2n) is 9.30. The minimum absolute atomic E-state index is 0.0785. The summed E-state index contributed by atoms with van der Waals surface area (Å²) in [5.41, 5.74) is 0.265. The molecule has 0 aromatic carbocycles. The van der Waals surface area contributed by atoms with Gasteiger partial charge in [-0.2, -0.15) is 0 Å². The van der Waals surface area contributed by atoms with Crippen LogP contribution in [-0.2, 0) is 14.3 Å². The number of ether oxygens (including phenoxy) is 1. The number of carbonyl (C=O) groups excluding carboxylic acids is 2. The quantitative estimate of drug-likeness (QED) is 0.778. The zero-order valence-corrected chi connectivity index (χ0v) is 15.3. The fraction of sp³-hybridized carbons (Fsp3) is 0.905. The maximum Gasteiger partial charge on any atom is 0.139 e. The second kappa shape index (κ2) is 5.93. The molecule has 3 heteroatoms. The van der Waals surface area contributed by atoms with Gasteiger partial charge in [0.05, 0.1) is 0 Å². The van der Waals surface area contributed by atoms with Crippen LogP contribution < -0.4 is 0 Å². The molecule has 4 aliphatic rings. The molecule has 0 saturated heterocycles. The third-order valence-electron chi connectivity index (χ3n) is 8.68. The maximum absolute atomic E-state index is 12.8. The Morgan fingerprint density at radius 3 is 2.67 bits per heavy atom. The summed E-state index contributed by atoms with van der Waals surface area (Å²) in [6.45, 7) is 3.19. The number of rotatable bonds is 3. The van der Waals surface area contributed by atoms with Crippen molar-refractivity contribution in [3.63, 3.8) is 0 Å². The summed E-state index contributed by atoms with van der Waals surface area (Å²) in [7, 11) is 1.75. The number of fused-ring (bicyclic) bond motifs is 5. The fourth-order valence-corrected chi connectivity index (χ4v) is 7.37. The Hall–Kier alpha value is -0.700. The molecule has 3 nitrogen and oxygen atoms in total. The van der Waals surface area contributed by atoms with Crippen molar-refractivity contribution in [2.75, 3.05) is 13.7 Å². The Labute approximate surface area is 145 Å². The van der Waals surface area contributed by atoms with Gasteiger partial charge < -0.3 is 4.74 Å². The van der Waals surface area contributed by atoms with Gasteiger partial charge in [0.2, 0.25) is 0 Å². The van der Waals surface area contributed by atoms with Crippen LogP contribution in [0.25, 0.3) is 0 Å². The third-order valence-corrected chi connectivity index (χ3v) is 8.68. The van der Waals surface area contributed by atoms with Crippen LogP contribution in [0.2, 0.25) is 0 Å². The highest BCUT2D eigenvalue weighted by molar-refractivity contribution is 5.87. The number of Topliss-reactive ketones (excluding diaryl/α,β-unsaturated/α-hetero) is 2. The van der Waals surface area contributed by atoms with Gasteiger partial charge in [-0.25, -0.2) is 0 Å². The molecule has 0 radical (unpaired) electrons. The van der Waals surface area contributed by atoms with E-state index in [-0.39, 0.29) is 5.41 Å². The van der Waals surface area contributed by atoms with Gasteiger partial charge in [0, 0.05) is 38.4 Å². The lowest BCUT2D eigenvalue weighted by Crippen LogP contribution is -2.54. The molecule has 0 N–H and O–H groups in total. The molecule has 4 aliphatic carbocycles. The van der Waals surface area contributed by atoms with E-state index in [0.717, 1.165) is 50.9 Å². The normalized spacial score (nSPS) is 47.9. The Balaban J connectivity index is 1.61. The molecular formula is C21H32O3. The molecule has 0 heterocycles. The molecular weight excluding hydrogens is 300 g/mol. The minimum atomic E-state index is -0.0785. The Morgan fingerprint density at radius 1 is 1.04 bits per heavy atom. The fourth-order valence-electron chi connectivity index (χ4n) is 7.37. The molecule has 0 aromatic rings. The van der Waals surface area contributed by atoms with Gasteiger partial charge in [-0.1, -0.05) is 6.92 Å². The van der Waals surface area contributed by atoms with E-state index in [0.29, 0.717) is 41.3 Å². The lowest BCUT2D eigenvalue weighted by molar-refractivity contribution is -0.147. The van der Waals surface area contributed by atoms with Crippen molar-refractivity contribution in [2.24, 2.45) is 34.5 Å². The monoisotopic (exact) mass is 332 g/mol. The van der Waals surface area contributed by atoms with E-state index >= 15 is 0 Å². The molecule has 0 aliphatic heterocycles. The lowest BCUT2D eigenvalue weighted by Gasteiger charge is -2.59. The van der Waals surface area contributed by atoms with Crippen LogP contribution in [0.15, 0.2) is 0 Å². The molecule has 4 saturated carbocycles. The zero-order chi connectivity index (χ0) is 16.9. The predicted octanol–water partition coefficient (Wildman–Crippen LogP) is 4.18. The number of methoxy groups -OCH3 is 1. The molecule has 1 unspecified atom stereocenters. The van der Waals surface area contributed by atoms with Crippen molar-refractivity contribution in [1.29, 1.82) is 0 Å². The van der Waals surface area contributed by atoms with Crippen molar-refractivity contribution in [3.8, 4) is 0 Å². The summed E-state index contributed by atoms with van der Waals surface area (Å²) in [6.07, 6.45) is 10.2. The van der Waals surface area contributed by atoms with Crippen LogP contribution in [0.5, 0.6) is 0 Å². The van der Waals surface area contributed by atoms with Crippen molar-refractivity contribution < 1.29 is 14.3 Å². The highest BCUT2D eigenvalue weighted by atomic mass is 16.5. The highest BCUT2D eigenvalue weighted by Crippen LogP contribution is 2.66. The molecule has 4 fully saturated rings. The number of carbonyl (C=O) groups is 2. The van der Waals surface area contributed by atoms with Crippen LogP contribution in [0.3, 0.4) is 0 Å². The largest absolute Gasteiger partial charge is 0.385 e. The summed E-state index contributed by atoms with van der Waals surface area (Å²) in [6, 6.07) is 0. The van der Waals surface area contributed by atoms with Crippen LogP contribution in [0, 0.1) is 34.5 Å². The lowest BCUT2D eigenvalue weighted by atomic mass is 9.45. The van der Waals surface area contributed by atoms with Crippen molar-refractivity contribution in [1.82, 2.24) is 0 Å². The minimum Gasteiger partial charge on any atom is -0.385 e. The Kier molecular flexibility index (Phi) is 4.14. The average molecular weight is 332 g/mol. The van der Waals surface area contributed by atoms with Gasteiger partial charge in [-0.05, 0) is 74.0 Å². The van der Waals surface area contributed by atoms with E-state index in [4.69, 9.17) is 4.74 Å². The maximum atomic E-state index is 12.8. The van der Waals surface area contributed by atoms with Crippen molar-refractivity contribution in [3.05, 3.63) is 0 Å². The number of ketones is 2. The molecule has 4 rings (SSSR count). The van der Waals surface area contributed by atoms with Crippen LogP contribution in [-0.4, -0.2) is 25.3 Å². The first-order valence-electron chi connectivity index (χ1n) is 10.1. The van der Waals surface area contributed by atoms with E-state index in [1.54, 1.807) is 7.11 Å². The van der Waals surface area contributed by atoms with Gasteiger partial charge in [0.25, 0.3) is 0 Å². The summed E-state index contributed by atoms with van der Waals surface area (Å²) >= 11 is 0. The van der Waals surface area contributed by atoms with Crippen molar-refractivity contribution in [2.45, 2.75) is 71.1 Å². The molecule has 0 spiro atoms. The summed E-state index contributed by atoms with van der Waals surface area (Å²) in [5, 5.41) is 0. The average Bonchev–Trinajstić information content (AvgIpc) is 2.91. The number of hydrogen-bond donors (Lipinski definition) is 0. The topological polar surface area (TPSA) is 43.4 Å². The summed E-state index contributed by atoms with van der Waals surface area (Å²) < 4.78 is 5.36. The second-order valence-corrected chi connectivity index (χ2v) is 9.30. The van der Waals surface area contributed by atoms with Gasteiger partial charge in [-0.15, -0.1) is 0 Å². The zero-order valence-electron chi connectivity index (χ0n) is 15.3. The van der Waals surface area contributed by atoms with Crippen molar-refractivity contribution >= 4 is 11.6 Å². The first-order valence-corrected chi connectivity index (χ1v) is 10.1. The van der Waals surface area contributed by atoms with Gasteiger partial charge in [0.1, 0.15) is 11.6 Å². The van der Waals surface area contributed by atoms with Gasteiger partial charge in [-0.3, -0.25) is 9.59 Å². The first-order chi connectivity index (χ1) is 11.5. The van der Waals surface area contributed by atoms with E-state index in [9.17, 15) is 9.59 Å². The molecule has 0 amide bonds. The third kappa shape index (κ3) is 2.26.